The Bertz CT molecular complexity index is 716. The summed E-state index contributed by atoms with van der Waals surface area (Å²) in [6, 6.07) is 16.8. The van der Waals surface area contributed by atoms with Crippen LogP contribution in [0.3, 0.4) is 0 Å². The van der Waals surface area contributed by atoms with Crippen LogP contribution in [0, 0.1) is 23.7 Å². The van der Waals surface area contributed by atoms with Gasteiger partial charge in [0.25, 0.3) is 0 Å². The van der Waals surface area contributed by atoms with Crippen molar-refractivity contribution >= 4 is 23.3 Å². The Morgan fingerprint density at radius 2 is 1.81 bits per heavy atom. The zero-order chi connectivity index (χ0) is 15.1. The molecule has 0 saturated carbocycles. The highest BCUT2D eigenvalue weighted by molar-refractivity contribution is 6.30. The lowest BCUT2D eigenvalue weighted by Crippen LogP contribution is -1.92. The molecule has 2 aromatic rings. The molecule has 0 fully saturated rings. The van der Waals surface area contributed by atoms with Gasteiger partial charge in [0.2, 0.25) is 0 Å². The second-order valence-electron chi connectivity index (χ2n) is 4.24. The van der Waals surface area contributed by atoms with Crippen molar-refractivity contribution in [2.45, 2.75) is 0 Å². The molecule has 3 heteroatoms. The molecular weight excluding hydrogens is 282 g/mol. The summed E-state index contributed by atoms with van der Waals surface area (Å²) < 4.78 is 5.30. The van der Waals surface area contributed by atoms with E-state index in [0.29, 0.717) is 16.3 Å². The van der Waals surface area contributed by atoms with Crippen molar-refractivity contribution in [1.29, 1.82) is 5.26 Å². The van der Waals surface area contributed by atoms with E-state index in [2.05, 4.69) is 12.0 Å². The van der Waals surface area contributed by atoms with Crippen molar-refractivity contribution in [3.05, 3.63) is 64.7 Å². The number of halogens is 1. The van der Waals surface area contributed by atoms with Crippen LogP contribution in [0.1, 0.15) is 11.1 Å². The molecule has 0 heterocycles. The van der Waals surface area contributed by atoms with Crippen LogP contribution in [0.25, 0.3) is 11.6 Å². The Hall–Kier alpha value is -2.68. The van der Waals surface area contributed by atoms with Gasteiger partial charge in [-0.25, -0.2) is 0 Å². The highest BCUT2D eigenvalue weighted by Crippen LogP contribution is 2.21. The number of ether oxygens (including phenoxy) is 1. The fraction of sp³-hybridized carbons (Fsp3) is 0.0556. The van der Waals surface area contributed by atoms with Crippen LogP contribution in [0.4, 0.5) is 0 Å². The zero-order valence-electron chi connectivity index (χ0n) is 11.2. The van der Waals surface area contributed by atoms with Crippen molar-refractivity contribution in [3.63, 3.8) is 0 Å². The molecule has 0 atom stereocenters. The van der Waals surface area contributed by atoms with Gasteiger partial charge < -0.3 is 4.74 Å². The van der Waals surface area contributed by atoms with Crippen molar-refractivity contribution in [2.24, 2.45) is 0 Å². The molecule has 0 bridgehead atoms. The predicted molar refractivity (Wildman–Crippen MR) is 85.7 cm³/mol. The normalized spacial score (nSPS) is 10.5. The van der Waals surface area contributed by atoms with Crippen LogP contribution in [0.2, 0.25) is 5.02 Å². The molecule has 0 radical (unpaired) electrons. The summed E-state index contributed by atoms with van der Waals surface area (Å²) in [5.74, 6) is 3.11. The molecule has 2 nitrogen and oxygen atoms in total. The topological polar surface area (TPSA) is 33.0 Å². The van der Waals surface area contributed by atoms with Gasteiger partial charge in [0.15, 0.2) is 0 Å². The first-order valence-electron chi connectivity index (χ1n) is 6.27. The highest BCUT2D eigenvalue weighted by Gasteiger charge is 2.01. The van der Waals surface area contributed by atoms with E-state index in [1.54, 1.807) is 12.1 Å². The average Bonchev–Trinajstić information content (AvgIpc) is 2.53. The summed E-state index contributed by atoms with van der Waals surface area (Å²) in [5.41, 5.74) is 2.31. The summed E-state index contributed by atoms with van der Waals surface area (Å²) in [5, 5.41) is 9.93. The molecule has 0 aliphatic rings. The van der Waals surface area contributed by atoms with Crippen LogP contribution in [-0.2, 0) is 0 Å². The fourth-order valence-electron chi connectivity index (χ4n) is 1.76. The lowest BCUT2D eigenvalue weighted by Gasteiger charge is -2.03. The third-order valence-corrected chi connectivity index (χ3v) is 3.04. The smallest absolute Gasteiger partial charge is 0.148 e. The van der Waals surface area contributed by atoms with Gasteiger partial charge >= 0.3 is 0 Å². The van der Waals surface area contributed by atoms with Gasteiger partial charge in [-0.2, -0.15) is 5.26 Å². The number of allylic oxidation sites excluding steroid dienone is 1. The third kappa shape index (κ3) is 4.14. The predicted octanol–water partition coefficient (Wildman–Crippen LogP) is 4.42. The lowest BCUT2D eigenvalue weighted by molar-refractivity contribution is 0.370. The van der Waals surface area contributed by atoms with Crippen LogP contribution in [0.5, 0.6) is 5.75 Å². The Labute approximate surface area is 129 Å². The molecule has 0 amide bonds. The molecule has 0 spiro atoms. The van der Waals surface area contributed by atoms with Gasteiger partial charge in [-0.1, -0.05) is 41.8 Å². The minimum Gasteiger partial charge on any atom is -0.481 e. The highest BCUT2D eigenvalue weighted by atomic mass is 35.5. The monoisotopic (exact) mass is 293 g/mol. The molecule has 0 aromatic heterocycles. The number of benzene rings is 2. The first-order valence-corrected chi connectivity index (χ1v) is 6.65. The average molecular weight is 294 g/mol. The molecule has 102 valence electrons. The van der Waals surface area contributed by atoms with E-state index in [1.165, 1.54) is 0 Å². The van der Waals surface area contributed by atoms with Gasteiger partial charge in [0.05, 0.1) is 11.6 Å². The Morgan fingerprint density at radius 1 is 1.14 bits per heavy atom. The van der Waals surface area contributed by atoms with E-state index >= 15 is 0 Å². The maximum absolute atomic E-state index is 9.28. The van der Waals surface area contributed by atoms with Crippen molar-refractivity contribution in [1.82, 2.24) is 0 Å². The number of hydrogen-bond donors (Lipinski definition) is 0. The second-order valence-corrected chi connectivity index (χ2v) is 4.67. The number of nitriles is 1. The zero-order valence-corrected chi connectivity index (χ0v) is 12.0. The van der Waals surface area contributed by atoms with Crippen molar-refractivity contribution in [2.75, 3.05) is 6.61 Å². The first-order chi connectivity index (χ1) is 10.2. The summed E-state index contributed by atoms with van der Waals surface area (Å²) in [4.78, 5) is 0. The first kappa shape index (κ1) is 14.7. The van der Waals surface area contributed by atoms with Crippen LogP contribution in [0.15, 0.2) is 48.5 Å². The molecule has 2 aromatic carbocycles. The minimum absolute atomic E-state index is 0.239. The third-order valence-electron chi connectivity index (χ3n) is 2.79. The lowest BCUT2D eigenvalue weighted by atomic mass is 10.0. The van der Waals surface area contributed by atoms with Gasteiger partial charge in [-0.05, 0) is 41.5 Å². The number of hydrogen-bond acceptors (Lipinski definition) is 2. The Morgan fingerprint density at radius 3 is 2.38 bits per heavy atom. The number of terminal acetylenes is 1. The minimum atomic E-state index is 0.239. The molecule has 2 rings (SSSR count). The molecule has 0 aliphatic heterocycles. The van der Waals surface area contributed by atoms with Crippen LogP contribution in [-0.4, -0.2) is 6.61 Å². The van der Waals surface area contributed by atoms with E-state index in [1.807, 2.05) is 42.5 Å². The maximum atomic E-state index is 9.28. The molecule has 0 N–H and O–H groups in total. The maximum Gasteiger partial charge on any atom is 0.148 e. The van der Waals surface area contributed by atoms with Gasteiger partial charge in [-0.15, -0.1) is 6.42 Å². The number of nitrogens with zero attached hydrogens (tertiary/aromatic N) is 1. The SMILES string of the molecule is C#CCOc1ccc(/C=C(\C#N)c2ccc(Cl)cc2)cc1. The van der Waals surface area contributed by atoms with Crippen molar-refractivity contribution < 1.29 is 4.74 Å². The van der Waals surface area contributed by atoms with E-state index in [4.69, 9.17) is 22.8 Å². The van der Waals surface area contributed by atoms with Crippen LogP contribution >= 0.6 is 11.6 Å². The summed E-state index contributed by atoms with van der Waals surface area (Å²) >= 11 is 5.85. The summed E-state index contributed by atoms with van der Waals surface area (Å²) in [7, 11) is 0. The quantitative estimate of drug-likeness (QED) is 0.475. The van der Waals surface area contributed by atoms with Gasteiger partial charge in [0.1, 0.15) is 12.4 Å². The van der Waals surface area contributed by atoms with Gasteiger partial charge in [0, 0.05) is 5.02 Å². The molecule has 0 unspecified atom stereocenters. The van der Waals surface area contributed by atoms with Crippen molar-refractivity contribution in [3.8, 4) is 24.2 Å². The van der Waals surface area contributed by atoms with E-state index in [9.17, 15) is 5.26 Å². The summed E-state index contributed by atoms with van der Waals surface area (Å²) in [6.07, 6.45) is 6.95. The van der Waals surface area contributed by atoms with Gasteiger partial charge in [-0.3, -0.25) is 0 Å². The standard InChI is InChI=1S/C18H12ClNO/c1-2-11-21-18-9-3-14(4-10-18)12-16(13-20)15-5-7-17(19)8-6-15/h1,3-10,12H,11H2/b16-12+. The largest absolute Gasteiger partial charge is 0.481 e. The van der Waals surface area contributed by atoms with E-state index in [-0.39, 0.29) is 6.61 Å². The second kappa shape index (κ2) is 7.20. The molecular formula is C18H12ClNO. The van der Waals surface area contributed by atoms with E-state index in [0.717, 1.165) is 11.1 Å². The molecule has 21 heavy (non-hydrogen) atoms. The Kier molecular flexibility index (Phi) is 5.04. The summed E-state index contributed by atoms with van der Waals surface area (Å²) in [6.45, 7) is 0.239. The molecule has 0 saturated heterocycles. The Balaban J connectivity index is 2.22. The number of rotatable bonds is 4. The fourth-order valence-corrected chi connectivity index (χ4v) is 1.89. The molecule has 0 aliphatic carbocycles. The van der Waals surface area contributed by atoms with E-state index < -0.39 is 0 Å². The van der Waals surface area contributed by atoms with Crippen LogP contribution < -0.4 is 4.74 Å².